The minimum atomic E-state index is 0.499. The number of rotatable bonds is 5. The van der Waals surface area contributed by atoms with Crippen LogP contribution in [0.5, 0.6) is 0 Å². The maximum atomic E-state index is 3.93. The third kappa shape index (κ3) is 3.08. The first-order chi connectivity index (χ1) is 7.63. The molecule has 0 radical (unpaired) electrons. The van der Waals surface area contributed by atoms with Gasteiger partial charge in [-0.05, 0) is 19.3 Å². The summed E-state index contributed by atoms with van der Waals surface area (Å²) in [4.78, 5) is 2.61. The van der Waals surface area contributed by atoms with E-state index in [1.807, 2.05) is 0 Å². The van der Waals surface area contributed by atoms with Crippen LogP contribution in [0.4, 0.5) is 0 Å². The Kier molecular flexibility index (Phi) is 5.50. The zero-order chi connectivity index (χ0) is 12.1. The monoisotopic (exact) mass is 224 g/mol. The summed E-state index contributed by atoms with van der Waals surface area (Å²) in [6.07, 6.45) is 4.55. The highest BCUT2D eigenvalue weighted by Gasteiger charge is 2.30. The van der Waals surface area contributed by atoms with E-state index in [-0.39, 0.29) is 0 Å². The van der Waals surface area contributed by atoms with Crippen molar-refractivity contribution in [1.29, 1.82) is 0 Å². The highest BCUT2D eigenvalue weighted by atomic mass is 15.2. The van der Waals surface area contributed by atoms with Crippen LogP contribution < -0.4 is 5.32 Å². The Balaban J connectivity index is 2.64. The number of hydrogen-bond acceptors (Lipinski definition) is 2. The Bertz CT molecular complexity index is 215. The summed E-state index contributed by atoms with van der Waals surface area (Å²) in [7, 11) is 0. The Hall–Kier alpha value is -0.340. The predicted octanol–water partition coefficient (Wildman–Crippen LogP) is 2.66. The van der Waals surface area contributed by atoms with Crippen molar-refractivity contribution in [3.63, 3.8) is 0 Å². The average Bonchev–Trinajstić information content (AvgIpc) is 2.35. The van der Waals surface area contributed by atoms with Crippen LogP contribution in [0.1, 0.15) is 40.5 Å². The maximum absolute atomic E-state index is 3.93. The van der Waals surface area contributed by atoms with Crippen molar-refractivity contribution in [3.8, 4) is 0 Å². The van der Waals surface area contributed by atoms with Gasteiger partial charge in [0.25, 0.3) is 0 Å². The molecule has 2 heteroatoms. The maximum Gasteiger partial charge on any atom is 0.0251 e. The molecule has 4 unspecified atom stereocenters. The van der Waals surface area contributed by atoms with Gasteiger partial charge in [0.1, 0.15) is 0 Å². The quantitative estimate of drug-likeness (QED) is 0.722. The molecule has 1 heterocycles. The molecule has 1 aliphatic rings. The molecule has 0 aromatic heterocycles. The fourth-order valence-electron chi connectivity index (χ4n) is 2.52. The summed E-state index contributed by atoms with van der Waals surface area (Å²) >= 11 is 0. The van der Waals surface area contributed by atoms with Gasteiger partial charge in [0.05, 0.1) is 0 Å². The molecule has 0 bridgehead atoms. The van der Waals surface area contributed by atoms with Gasteiger partial charge in [0.15, 0.2) is 0 Å². The lowest BCUT2D eigenvalue weighted by Crippen LogP contribution is -2.60. The lowest BCUT2D eigenvalue weighted by atomic mass is 9.94. The molecule has 1 rings (SSSR count). The van der Waals surface area contributed by atoms with Crippen molar-refractivity contribution in [2.24, 2.45) is 5.92 Å². The van der Waals surface area contributed by atoms with Crippen LogP contribution in [0.2, 0.25) is 0 Å². The van der Waals surface area contributed by atoms with Gasteiger partial charge in [-0.1, -0.05) is 33.3 Å². The van der Waals surface area contributed by atoms with Crippen LogP contribution in [0.25, 0.3) is 0 Å². The Morgan fingerprint density at radius 2 is 2.12 bits per heavy atom. The van der Waals surface area contributed by atoms with E-state index in [1.165, 1.54) is 19.4 Å². The highest BCUT2D eigenvalue weighted by Crippen LogP contribution is 2.19. The van der Waals surface area contributed by atoms with Crippen LogP contribution in [-0.2, 0) is 0 Å². The molecule has 16 heavy (non-hydrogen) atoms. The van der Waals surface area contributed by atoms with Crippen LogP contribution in [0, 0.1) is 5.92 Å². The van der Waals surface area contributed by atoms with Gasteiger partial charge in [0, 0.05) is 31.2 Å². The molecule has 0 aliphatic carbocycles. The first-order valence-electron chi connectivity index (χ1n) is 6.75. The molecule has 0 amide bonds. The van der Waals surface area contributed by atoms with Gasteiger partial charge in [-0.2, -0.15) is 0 Å². The largest absolute Gasteiger partial charge is 0.311 e. The first-order valence-corrected chi connectivity index (χ1v) is 6.75. The van der Waals surface area contributed by atoms with Gasteiger partial charge in [-0.3, -0.25) is 4.90 Å². The molecule has 4 atom stereocenters. The van der Waals surface area contributed by atoms with E-state index in [1.54, 1.807) is 0 Å². The number of nitrogens with one attached hydrogen (secondary N) is 1. The molecule has 0 saturated carbocycles. The van der Waals surface area contributed by atoms with Crippen molar-refractivity contribution >= 4 is 0 Å². The topological polar surface area (TPSA) is 15.3 Å². The molecule has 1 N–H and O–H groups in total. The lowest BCUT2D eigenvalue weighted by Gasteiger charge is -2.44. The van der Waals surface area contributed by atoms with Crippen molar-refractivity contribution in [2.45, 2.75) is 58.7 Å². The second-order valence-electron chi connectivity index (χ2n) is 5.14. The number of hydrogen-bond donors (Lipinski definition) is 1. The fourth-order valence-corrected chi connectivity index (χ4v) is 2.52. The van der Waals surface area contributed by atoms with Gasteiger partial charge in [0.2, 0.25) is 0 Å². The van der Waals surface area contributed by atoms with Crippen molar-refractivity contribution in [2.75, 3.05) is 13.1 Å². The molecule has 1 fully saturated rings. The van der Waals surface area contributed by atoms with Crippen LogP contribution >= 0.6 is 0 Å². The van der Waals surface area contributed by atoms with Gasteiger partial charge >= 0.3 is 0 Å². The van der Waals surface area contributed by atoms with Crippen molar-refractivity contribution in [3.05, 3.63) is 12.7 Å². The Morgan fingerprint density at radius 3 is 2.62 bits per heavy atom. The molecule has 0 spiro atoms. The fraction of sp³-hybridized carbons (Fsp3) is 0.857. The third-order valence-electron chi connectivity index (χ3n) is 4.16. The van der Waals surface area contributed by atoms with E-state index in [9.17, 15) is 0 Å². The molecular formula is C14H28N2. The van der Waals surface area contributed by atoms with E-state index in [0.717, 1.165) is 12.5 Å². The zero-order valence-corrected chi connectivity index (χ0v) is 11.4. The SMILES string of the molecule is C=CC(C)N1CC(C(C)CC)NCC1CC. The Labute approximate surface area is 101 Å². The molecule has 94 valence electrons. The van der Waals surface area contributed by atoms with Crippen molar-refractivity contribution in [1.82, 2.24) is 10.2 Å². The standard InChI is InChI=1S/C14H28N2/c1-6-11(4)14-10-16(12(5)7-2)13(8-3)9-15-14/h7,11-15H,2,6,8-10H2,1,3-5H3. The van der Waals surface area contributed by atoms with E-state index in [2.05, 4.69) is 50.6 Å². The van der Waals surface area contributed by atoms with Crippen LogP contribution in [-0.4, -0.2) is 36.1 Å². The second-order valence-corrected chi connectivity index (χ2v) is 5.14. The number of nitrogens with zero attached hydrogens (tertiary/aromatic N) is 1. The van der Waals surface area contributed by atoms with E-state index in [4.69, 9.17) is 0 Å². The second kappa shape index (κ2) is 6.41. The van der Waals surface area contributed by atoms with E-state index < -0.39 is 0 Å². The van der Waals surface area contributed by atoms with Gasteiger partial charge in [-0.25, -0.2) is 0 Å². The Morgan fingerprint density at radius 1 is 1.44 bits per heavy atom. The van der Waals surface area contributed by atoms with Crippen molar-refractivity contribution < 1.29 is 0 Å². The highest BCUT2D eigenvalue weighted by molar-refractivity contribution is 4.94. The molecule has 0 aromatic rings. The summed E-state index contributed by atoms with van der Waals surface area (Å²) in [6.45, 7) is 15.4. The summed E-state index contributed by atoms with van der Waals surface area (Å²) in [5, 5.41) is 3.70. The summed E-state index contributed by atoms with van der Waals surface area (Å²) in [5.41, 5.74) is 0. The van der Waals surface area contributed by atoms with Crippen LogP contribution in [0.15, 0.2) is 12.7 Å². The predicted molar refractivity (Wildman–Crippen MR) is 71.7 cm³/mol. The molecular weight excluding hydrogens is 196 g/mol. The minimum Gasteiger partial charge on any atom is -0.311 e. The third-order valence-corrected chi connectivity index (χ3v) is 4.16. The zero-order valence-electron chi connectivity index (χ0n) is 11.4. The smallest absolute Gasteiger partial charge is 0.0251 e. The normalized spacial score (nSPS) is 31.0. The summed E-state index contributed by atoms with van der Waals surface area (Å²) in [5.74, 6) is 0.761. The minimum absolute atomic E-state index is 0.499. The van der Waals surface area contributed by atoms with E-state index in [0.29, 0.717) is 18.1 Å². The summed E-state index contributed by atoms with van der Waals surface area (Å²) < 4.78 is 0. The van der Waals surface area contributed by atoms with E-state index >= 15 is 0 Å². The van der Waals surface area contributed by atoms with Gasteiger partial charge in [-0.15, -0.1) is 6.58 Å². The molecule has 1 saturated heterocycles. The van der Waals surface area contributed by atoms with Gasteiger partial charge < -0.3 is 5.32 Å². The first kappa shape index (κ1) is 13.7. The summed E-state index contributed by atoms with van der Waals surface area (Å²) in [6, 6.07) is 1.82. The molecule has 0 aromatic carbocycles. The molecule has 2 nitrogen and oxygen atoms in total. The van der Waals surface area contributed by atoms with Crippen LogP contribution in [0.3, 0.4) is 0 Å². The number of piperazine rings is 1. The lowest BCUT2D eigenvalue weighted by molar-refractivity contribution is 0.0878. The average molecular weight is 224 g/mol. The molecule has 1 aliphatic heterocycles.